The van der Waals surface area contributed by atoms with Gasteiger partial charge in [-0.25, -0.2) is 4.79 Å². The molecule has 1 aliphatic carbocycles. The van der Waals surface area contributed by atoms with Crippen molar-refractivity contribution in [2.45, 2.75) is 52.6 Å². The summed E-state index contributed by atoms with van der Waals surface area (Å²) in [7, 11) is 0. The predicted octanol–water partition coefficient (Wildman–Crippen LogP) is 6.18. The molecule has 138 valence electrons. The van der Waals surface area contributed by atoms with Gasteiger partial charge in [0.2, 0.25) is 0 Å². The van der Waals surface area contributed by atoms with Gasteiger partial charge in [-0.05, 0) is 91.4 Å². The summed E-state index contributed by atoms with van der Waals surface area (Å²) in [6.45, 7) is 6.78. The quantitative estimate of drug-likeness (QED) is 0.568. The van der Waals surface area contributed by atoms with E-state index in [0.717, 1.165) is 35.1 Å². The van der Waals surface area contributed by atoms with Crippen LogP contribution in [-0.4, -0.2) is 11.6 Å². The van der Waals surface area contributed by atoms with Crippen LogP contribution < -0.4 is 9.47 Å². The fourth-order valence-electron chi connectivity index (χ4n) is 3.28. The molecule has 3 nitrogen and oxygen atoms in total. The van der Waals surface area contributed by atoms with Crippen LogP contribution in [0.1, 0.15) is 53.5 Å². The first-order valence-corrected chi connectivity index (χ1v) is 10.4. The summed E-state index contributed by atoms with van der Waals surface area (Å²) < 4.78 is 11.7. The molecular formula is C22H26O3S. The van der Waals surface area contributed by atoms with Gasteiger partial charge in [-0.15, -0.1) is 0 Å². The van der Waals surface area contributed by atoms with Crippen LogP contribution in [-0.2, 0) is 13.0 Å². The number of ether oxygens (including phenoxy) is 2. The largest absolute Gasteiger partial charge is 0.488 e. The minimum Gasteiger partial charge on any atom is -0.488 e. The molecule has 0 unspecified atom stereocenters. The zero-order chi connectivity index (χ0) is 18.7. The number of aryl methyl sites for hydroxylation is 3. The van der Waals surface area contributed by atoms with Gasteiger partial charge in [0.05, 0.1) is 0 Å². The van der Waals surface area contributed by atoms with Crippen molar-refractivity contribution in [3.05, 3.63) is 58.1 Å². The van der Waals surface area contributed by atoms with Gasteiger partial charge in [-0.2, -0.15) is 0 Å². The topological polar surface area (TPSA) is 35.5 Å². The van der Waals surface area contributed by atoms with Gasteiger partial charge in [-0.1, -0.05) is 25.1 Å². The molecule has 0 aromatic heterocycles. The lowest BCUT2D eigenvalue weighted by Crippen LogP contribution is -2.07. The molecule has 2 aromatic carbocycles. The van der Waals surface area contributed by atoms with Gasteiger partial charge in [0.1, 0.15) is 18.1 Å². The average Bonchev–Trinajstić information content (AvgIpc) is 3.47. The summed E-state index contributed by atoms with van der Waals surface area (Å²) in [5.41, 5.74) is 5.98. The van der Waals surface area contributed by atoms with Crippen molar-refractivity contribution >= 4 is 17.1 Å². The Morgan fingerprint density at radius 3 is 2.58 bits per heavy atom. The van der Waals surface area contributed by atoms with E-state index in [9.17, 15) is 4.79 Å². The second-order valence-electron chi connectivity index (χ2n) is 6.84. The van der Waals surface area contributed by atoms with Gasteiger partial charge in [0, 0.05) is 5.56 Å². The molecule has 1 fully saturated rings. The lowest BCUT2D eigenvalue weighted by Gasteiger charge is -2.17. The first-order valence-electron chi connectivity index (χ1n) is 9.14. The molecule has 4 heteroatoms. The highest BCUT2D eigenvalue weighted by Gasteiger charge is 2.28. The summed E-state index contributed by atoms with van der Waals surface area (Å²) in [5, 5.41) is -0.293. The monoisotopic (exact) mass is 370 g/mol. The molecule has 0 N–H and O–H groups in total. The third-order valence-corrected chi connectivity index (χ3v) is 5.35. The van der Waals surface area contributed by atoms with E-state index in [2.05, 4.69) is 39.0 Å². The van der Waals surface area contributed by atoms with E-state index in [0.29, 0.717) is 18.3 Å². The smallest absolute Gasteiger partial charge is 0.372 e. The van der Waals surface area contributed by atoms with Crippen LogP contribution in [0.3, 0.4) is 0 Å². The van der Waals surface area contributed by atoms with Crippen LogP contribution in [0.2, 0.25) is 0 Å². The van der Waals surface area contributed by atoms with E-state index in [-0.39, 0.29) is 5.30 Å². The molecule has 3 rings (SSSR count). The standard InChI is InChI=1S/C22H26O3S/c1-5-16-11-15(3)21(12-14(16)2)24-13-19-18(17-9-10-17)7-6-8-20(19)25-22(23)26-4/h6-8,11-12,17H,5,9-10,13H2,1-4H3. The molecule has 2 aromatic rings. The van der Waals surface area contributed by atoms with Crippen LogP contribution >= 0.6 is 11.8 Å². The first kappa shape index (κ1) is 18.8. The van der Waals surface area contributed by atoms with Crippen molar-refractivity contribution in [3.63, 3.8) is 0 Å². The van der Waals surface area contributed by atoms with Crippen molar-refractivity contribution < 1.29 is 14.3 Å². The van der Waals surface area contributed by atoms with Crippen LogP contribution in [0.5, 0.6) is 11.5 Å². The van der Waals surface area contributed by atoms with E-state index in [1.165, 1.54) is 29.5 Å². The van der Waals surface area contributed by atoms with Crippen LogP contribution in [0.15, 0.2) is 30.3 Å². The molecule has 1 aliphatic rings. The fourth-order valence-corrected chi connectivity index (χ4v) is 3.45. The number of hydrogen-bond donors (Lipinski definition) is 0. The van der Waals surface area contributed by atoms with Crippen molar-refractivity contribution in [3.8, 4) is 11.5 Å². The summed E-state index contributed by atoms with van der Waals surface area (Å²) in [4.78, 5) is 11.8. The number of carbonyl (C=O) groups excluding carboxylic acids is 1. The van der Waals surface area contributed by atoms with Gasteiger partial charge < -0.3 is 9.47 Å². The summed E-state index contributed by atoms with van der Waals surface area (Å²) in [6.07, 6.45) is 5.13. The number of hydrogen-bond acceptors (Lipinski definition) is 4. The summed E-state index contributed by atoms with van der Waals surface area (Å²) >= 11 is 1.08. The van der Waals surface area contributed by atoms with Crippen LogP contribution in [0, 0.1) is 13.8 Å². The van der Waals surface area contributed by atoms with Crippen molar-refractivity contribution in [1.29, 1.82) is 0 Å². The molecule has 0 spiro atoms. The summed E-state index contributed by atoms with van der Waals surface area (Å²) in [6, 6.07) is 10.3. The van der Waals surface area contributed by atoms with E-state index in [1.54, 1.807) is 6.26 Å². The number of benzene rings is 2. The van der Waals surface area contributed by atoms with E-state index in [1.807, 2.05) is 12.1 Å². The zero-order valence-corrected chi connectivity index (χ0v) is 16.7. The Labute approximate surface area is 160 Å². The highest BCUT2D eigenvalue weighted by atomic mass is 32.2. The van der Waals surface area contributed by atoms with Gasteiger partial charge in [-0.3, -0.25) is 0 Å². The minimum absolute atomic E-state index is 0.293. The molecule has 26 heavy (non-hydrogen) atoms. The molecule has 0 amide bonds. The van der Waals surface area contributed by atoms with Gasteiger partial charge >= 0.3 is 5.30 Å². The molecule has 0 radical (unpaired) electrons. The molecule has 0 heterocycles. The molecular weight excluding hydrogens is 344 g/mol. The number of rotatable bonds is 6. The maximum Gasteiger partial charge on any atom is 0.372 e. The minimum atomic E-state index is -0.293. The van der Waals surface area contributed by atoms with E-state index < -0.39 is 0 Å². The second-order valence-corrected chi connectivity index (χ2v) is 7.58. The fraction of sp³-hybridized carbons (Fsp3) is 0.409. The molecule has 0 bridgehead atoms. The third kappa shape index (κ3) is 4.24. The lowest BCUT2D eigenvalue weighted by atomic mass is 10.0. The van der Waals surface area contributed by atoms with Crippen LogP contribution in [0.4, 0.5) is 4.79 Å². The maximum atomic E-state index is 11.8. The predicted molar refractivity (Wildman–Crippen MR) is 108 cm³/mol. The second kappa shape index (κ2) is 8.17. The Hall–Kier alpha value is -1.94. The first-order chi connectivity index (χ1) is 12.5. The van der Waals surface area contributed by atoms with Crippen molar-refractivity contribution in [2.75, 3.05) is 6.26 Å². The van der Waals surface area contributed by atoms with E-state index in [4.69, 9.17) is 9.47 Å². The molecule has 0 atom stereocenters. The zero-order valence-electron chi connectivity index (χ0n) is 15.9. The Balaban J connectivity index is 1.87. The molecule has 0 aliphatic heterocycles. The highest BCUT2D eigenvalue weighted by molar-refractivity contribution is 8.12. The molecule has 1 saturated carbocycles. The van der Waals surface area contributed by atoms with Gasteiger partial charge in [0.15, 0.2) is 0 Å². The Bertz CT molecular complexity index is 809. The average molecular weight is 371 g/mol. The Morgan fingerprint density at radius 1 is 1.15 bits per heavy atom. The Morgan fingerprint density at radius 2 is 1.92 bits per heavy atom. The lowest BCUT2D eigenvalue weighted by molar-refractivity contribution is 0.225. The third-order valence-electron chi connectivity index (χ3n) is 4.93. The molecule has 0 saturated heterocycles. The highest BCUT2D eigenvalue weighted by Crippen LogP contribution is 2.44. The number of thioether (sulfide) groups is 1. The SMILES string of the molecule is CCc1cc(C)c(OCc2c(OC(=O)SC)cccc2C2CC2)cc1C. The number of carbonyl (C=O) groups is 1. The van der Waals surface area contributed by atoms with Gasteiger partial charge in [0.25, 0.3) is 0 Å². The van der Waals surface area contributed by atoms with Crippen molar-refractivity contribution in [1.82, 2.24) is 0 Å². The van der Waals surface area contributed by atoms with Crippen LogP contribution in [0.25, 0.3) is 0 Å². The maximum absolute atomic E-state index is 11.8. The van der Waals surface area contributed by atoms with E-state index >= 15 is 0 Å². The normalized spacial score (nSPS) is 13.5. The van der Waals surface area contributed by atoms with Crippen molar-refractivity contribution in [2.24, 2.45) is 0 Å². The summed E-state index contributed by atoms with van der Waals surface area (Å²) in [5.74, 6) is 2.08. The Kier molecular flexibility index (Phi) is 5.92.